The molecule has 0 aliphatic carbocycles. The lowest BCUT2D eigenvalue weighted by Gasteiger charge is -2.13. The number of hydrogen-bond donors (Lipinski definition) is 0. The van der Waals surface area contributed by atoms with Gasteiger partial charge in [0.2, 0.25) is 0 Å². The lowest BCUT2D eigenvalue weighted by atomic mass is 9.97. The largest absolute Gasteiger partial charge is 0.362 e. The summed E-state index contributed by atoms with van der Waals surface area (Å²) in [6.07, 6.45) is 5.55. The first-order valence-corrected chi connectivity index (χ1v) is 8.14. The van der Waals surface area contributed by atoms with Gasteiger partial charge in [-0.1, -0.05) is 68.8 Å². The van der Waals surface area contributed by atoms with Gasteiger partial charge < -0.3 is 4.84 Å². The second-order valence-electron chi connectivity index (χ2n) is 5.79. The van der Waals surface area contributed by atoms with Crippen LogP contribution in [0.1, 0.15) is 58.1 Å². The van der Waals surface area contributed by atoms with Crippen molar-refractivity contribution in [3.8, 4) is 0 Å². The molecule has 0 amide bonds. The van der Waals surface area contributed by atoms with Crippen molar-refractivity contribution < 1.29 is 4.84 Å². The summed E-state index contributed by atoms with van der Waals surface area (Å²) in [6.45, 7) is 14.5. The van der Waals surface area contributed by atoms with Crippen LogP contribution in [0.15, 0.2) is 47.8 Å². The van der Waals surface area contributed by atoms with E-state index in [2.05, 4.69) is 50.7 Å². The fourth-order valence-electron chi connectivity index (χ4n) is 2.37. The third-order valence-corrected chi connectivity index (χ3v) is 3.95. The Morgan fingerprint density at radius 3 is 2.64 bits per heavy atom. The van der Waals surface area contributed by atoms with Gasteiger partial charge in [0.25, 0.3) is 0 Å². The average molecular weight is 299 g/mol. The molecule has 0 saturated heterocycles. The molecule has 0 unspecified atom stereocenters. The fraction of sp³-hybridized carbons (Fsp3) is 0.450. The van der Waals surface area contributed by atoms with E-state index in [0.29, 0.717) is 5.92 Å². The van der Waals surface area contributed by atoms with Crippen molar-refractivity contribution in [2.75, 3.05) is 0 Å². The van der Waals surface area contributed by atoms with Gasteiger partial charge in [-0.25, -0.2) is 0 Å². The molecule has 1 rings (SSSR count). The van der Waals surface area contributed by atoms with Crippen LogP contribution in [-0.2, 0) is 4.84 Å². The van der Waals surface area contributed by atoms with Gasteiger partial charge >= 0.3 is 0 Å². The molecule has 1 atom stereocenters. The van der Waals surface area contributed by atoms with Crippen molar-refractivity contribution in [2.45, 2.75) is 53.9 Å². The van der Waals surface area contributed by atoms with Crippen molar-refractivity contribution in [3.05, 3.63) is 53.8 Å². The standard InChI is InChI=1S/C20H29NO/c1-7-9-12-15(3)18(6)22-21-17(5)19(8-2)20-14-11-10-13-16(20)4/h8,10-11,13-15H,6-7,9,12H2,1-5H3/b19-8-,21-17+/t15-/m0/s1. The molecule has 0 spiro atoms. The quantitative estimate of drug-likeness (QED) is 0.321. The number of unbranched alkanes of at least 4 members (excludes halogenated alkanes) is 1. The van der Waals surface area contributed by atoms with Gasteiger partial charge in [-0.2, -0.15) is 0 Å². The Morgan fingerprint density at radius 2 is 2.05 bits per heavy atom. The molecule has 1 aromatic rings. The SMILES string of the molecule is C=C(O/N=C(C)/C(=C/C)c1ccccc1C)[C@@H](C)CCCC. The van der Waals surface area contributed by atoms with Crippen LogP contribution in [0.2, 0.25) is 0 Å². The van der Waals surface area contributed by atoms with E-state index in [1.807, 2.05) is 26.0 Å². The summed E-state index contributed by atoms with van der Waals surface area (Å²) in [5, 5.41) is 4.29. The van der Waals surface area contributed by atoms with Crippen LogP contribution in [0.5, 0.6) is 0 Å². The van der Waals surface area contributed by atoms with E-state index in [1.54, 1.807) is 0 Å². The summed E-state index contributed by atoms with van der Waals surface area (Å²) in [7, 11) is 0. The van der Waals surface area contributed by atoms with Crippen molar-refractivity contribution in [3.63, 3.8) is 0 Å². The molecule has 120 valence electrons. The van der Waals surface area contributed by atoms with Gasteiger partial charge in [-0.05, 0) is 38.3 Å². The molecule has 0 aliphatic rings. The zero-order valence-corrected chi connectivity index (χ0v) is 14.6. The van der Waals surface area contributed by atoms with Gasteiger partial charge in [0.1, 0.15) is 5.76 Å². The minimum Gasteiger partial charge on any atom is -0.362 e. The van der Waals surface area contributed by atoms with Crippen LogP contribution in [0.3, 0.4) is 0 Å². The molecule has 2 nitrogen and oxygen atoms in total. The Balaban J connectivity index is 2.79. The van der Waals surface area contributed by atoms with E-state index in [-0.39, 0.29) is 0 Å². The zero-order valence-electron chi connectivity index (χ0n) is 14.6. The summed E-state index contributed by atoms with van der Waals surface area (Å²) in [5.74, 6) is 1.08. The number of allylic oxidation sites excluding steroid dienone is 3. The molecule has 0 saturated carbocycles. The van der Waals surface area contributed by atoms with Crippen molar-refractivity contribution in [2.24, 2.45) is 11.1 Å². The summed E-state index contributed by atoms with van der Waals surface area (Å²) >= 11 is 0. The first kappa shape index (κ1) is 18.2. The minimum absolute atomic E-state index is 0.337. The highest BCUT2D eigenvalue weighted by atomic mass is 16.6. The first-order chi connectivity index (χ1) is 10.5. The van der Waals surface area contributed by atoms with Crippen LogP contribution in [0.4, 0.5) is 0 Å². The highest BCUT2D eigenvalue weighted by Gasteiger charge is 2.10. The summed E-state index contributed by atoms with van der Waals surface area (Å²) in [6, 6.07) is 8.32. The Labute approximate surface area is 135 Å². The van der Waals surface area contributed by atoms with Gasteiger partial charge in [0, 0.05) is 11.5 Å². The molecule has 22 heavy (non-hydrogen) atoms. The number of rotatable bonds is 8. The van der Waals surface area contributed by atoms with Crippen LogP contribution in [0.25, 0.3) is 5.57 Å². The highest BCUT2D eigenvalue weighted by Crippen LogP contribution is 2.22. The molecule has 1 aromatic carbocycles. The van der Waals surface area contributed by atoms with E-state index >= 15 is 0 Å². The number of aryl methyl sites for hydroxylation is 1. The Bertz CT molecular complexity index is 555. The maximum absolute atomic E-state index is 5.56. The van der Waals surface area contributed by atoms with Gasteiger partial charge in [-0.3, -0.25) is 0 Å². The molecule has 0 N–H and O–H groups in total. The third kappa shape index (κ3) is 5.18. The lowest BCUT2D eigenvalue weighted by Crippen LogP contribution is -2.03. The number of benzene rings is 1. The van der Waals surface area contributed by atoms with Crippen molar-refractivity contribution in [1.82, 2.24) is 0 Å². The maximum atomic E-state index is 5.56. The first-order valence-electron chi connectivity index (χ1n) is 8.14. The highest BCUT2D eigenvalue weighted by molar-refractivity contribution is 6.22. The van der Waals surface area contributed by atoms with Crippen LogP contribution in [-0.4, -0.2) is 5.71 Å². The molecular weight excluding hydrogens is 270 g/mol. The second kappa shape index (κ2) is 9.24. The fourth-order valence-corrected chi connectivity index (χ4v) is 2.37. The maximum Gasteiger partial charge on any atom is 0.130 e. The topological polar surface area (TPSA) is 21.6 Å². The zero-order chi connectivity index (χ0) is 16.5. The predicted octanol–water partition coefficient (Wildman–Crippen LogP) is 6.13. The minimum atomic E-state index is 0.337. The Morgan fingerprint density at radius 1 is 1.36 bits per heavy atom. The predicted molar refractivity (Wildman–Crippen MR) is 96.9 cm³/mol. The van der Waals surface area contributed by atoms with E-state index < -0.39 is 0 Å². The molecule has 0 aromatic heterocycles. The molecule has 0 aliphatic heterocycles. The Kier molecular flexibility index (Phi) is 7.65. The number of hydrogen-bond acceptors (Lipinski definition) is 2. The Hall–Kier alpha value is -1.83. The lowest BCUT2D eigenvalue weighted by molar-refractivity contribution is 0.191. The average Bonchev–Trinajstić information content (AvgIpc) is 2.52. The second-order valence-corrected chi connectivity index (χ2v) is 5.79. The summed E-state index contributed by atoms with van der Waals surface area (Å²) in [4.78, 5) is 5.56. The van der Waals surface area contributed by atoms with E-state index in [0.717, 1.165) is 23.5 Å². The van der Waals surface area contributed by atoms with Crippen molar-refractivity contribution >= 4 is 11.3 Å². The molecule has 0 heterocycles. The summed E-state index contributed by atoms with van der Waals surface area (Å²) < 4.78 is 0. The van der Waals surface area contributed by atoms with Gasteiger partial charge in [-0.15, -0.1) is 0 Å². The van der Waals surface area contributed by atoms with Crippen LogP contribution in [0, 0.1) is 12.8 Å². The number of nitrogens with zero attached hydrogens (tertiary/aromatic N) is 1. The number of oxime groups is 1. The monoisotopic (exact) mass is 299 g/mol. The van der Waals surface area contributed by atoms with E-state index in [4.69, 9.17) is 4.84 Å². The molecule has 0 bridgehead atoms. The van der Waals surface area contributed by atoms with E-state index in [1.165, 1.54) is 24.0 Å². The van der Waals surface area contributed by atoms with Gasteiger partial charge in [0.05, 0.1) is 5.71 Å². The normalized spacial score (nSPS) is 13.9. The molecule has 2 heteroatoms. The molecule has 0 fully saturated rings. The van der Waals surface area contributed by atoms with Crippen molar-refractivity contribution in [1.29, 1.82) is 0 Å². The molecule has 0 radical (unpaired) electrons. The smallest absolute Gasteiger partial charge is 0.130 e. The molecular formula is C20H29NO. The summed E-state index contributed by atoms with van der Waals surface area (Å²) in [5.41, 5.74) is 4.41. The van der Waals surface area contributed by atoms with E-state index in [9.17, 15) is 0 Å². The van der Waals surface area contributed by atoms with Crippen LogP contribution < -0.4 is 0 Å². The van der Waals surface area contributed by atoms with Gasteiger partial charge in [0.15, 0.2) is 0 Å². The third-order valence-electron chi connectivity index (χ3n) is 3.95. The van der Waals surface area contributed by atoms with Crippen LogP contribution >= 0.6 is 0 Å².